The van der Waals surface area contributed by atoms with E-state index in [1.807, 2.05) is 30.0 Å². The number of rotatable bonds is 3. The van der Waals surface area contributed by atoms with Gasteiger partial charge in [-0.25, -0.2) is 4.98 Å². The molecule has 2 atom stereocenters. The number of amides is 1. The van der Waals surface area contributed by atoms with E-state index in [1.165, 1.54) is 17.3 Å². The van der Waals surface area contributed by atoms with Gasteiger partial charge in [0.25, 0.3) is 0 Å². The van der Waals surface area contributed by atoms with Gasteiger partial charge in [-0.15, -0.1) is 0 Å². The highest BCUT2D eigenvalue weighted by Gasteiger charge is 2.33. The predicted molar refractivity (Wildman–Crippen MR) is 91.7 cm³/mol. The Labute approximate surface area is 139 Å². The molecule has 0 spiro atoms. The Morgan fingerprint density at radius 2 is 2.14 bits per heavy atom. The van der Waals surface area contributed by atoms with Gasteiger partial charge in [-0.2, -0.15) is 0 Å². The summed E-state index contributed by atoms with van der Waals surface area (Å²) in [5, 5.41) is 1.05. The highest BCUT2D eigenvalue weighted by molar-refractivity contribution is 8.00. The number of pyridine rings is 1. The number of halogens is 1. The van der Waals surface area contributed by atoms with Crippen molar-refractivity contribution >= 4 is 35.0 Å². The second-order valence-corrected chi connectivity index (χ2v) is 7.18. The lowest BCUT2D eigenvalue weighted by atomic mass is 10.1. The monoisotopic (exact) mass is 332 g/mol. The Morgan fingerprint density at radius 1 is 1.36 bits per heavy atom. The van der Waals surface area contributed by atoms with Crippen LogP contribution in [0.15, 0.2) is 47.6 Å². The van der Waals surface area contributed by atoms with Crippen molar-refractivity contribution < 1.29 is 4.79 Å². The first-order chi connectivity index (χ1) is 10.6. The first-order valence-corrected chi connectivity index (χ1v) is 8.52. The summed E-state index contributed by atoms with van der Waals surface area (Å²) in [6, 6.07) is 11.9. The zero-order valence-corrected chi connectivity index (χ0v) is 14.1. The Morgan fingerprint density at radius 3 is 2.91 bits per heavy atom. The summed E-state index contributed by atoms with van der Waals surface area (Å²) in [7, 11) is 0. The molecule has 1 aromatic carbocycles. The number of carbonyl (C=O) groups is 1. The van der Waals surface area contributed by atoms with E-state index in [9.17, 15) is 4.79 Å². The van der Waals surface area contributed by atoms with Crippen molar-refractivity contribution in [1.29, 1.82) is 0 Å². The van der Waals surface area contributed by atoms with E-state index >= 15 is 0 Å². The highest BCUT2D eigenvalue weighted by atomic mass is 35.5. The second kappa shape index (κ2) is 6.31. The second-order valence-electron chi connectivity index (χ2n) is 5.44. The molecule has 0 fully saturated rings. The number of para-hydroxylation sites is 1. The van der Waals surface area contributed by atoms with Gasteiger partial charge in [0.2, 0.25) is 5.91 Å². The molecule has 0 radical (unpaired) electrons. The molecule has 1 aliphatic heterocycles. The summed E-state index contributed by atoms with van der Waals surface area (Å²) >= 11 is 7.54. The molecule has 0 saturated carbocycles. The van der Waals surface area contributed by atoms with Gasteiger partial charge in [-0.1, -0.05) is 41.6 Å². The fourth-order valence-corrected chi connectivity index (χ4v) is 3.88. The van der Waals surface area contributed by atoms with Crippen LogP contribution in [-0.4, -0.2) is 22.2 Å². The third-order valence-corrected chi connectivity index (χ3v) is 5.33. The van der Waals surface area contributed by atoms with Gasteiger partial charge in [0.05, 0.1) is 10.3 Å². The first kappa shape index (κ1) is 15.4. The lowest BCUT2D eigenvalue weighted by Crippen LogP contribution is -2.40. The summed E-state index contributed by atoms with van der Waals surface area (Å²) in [4.78, 5) is 19.0. The summed E-state index contributed by atoms with van der Waals surface area (Å²) in [6.45, 7) is 3.99. The molecule has 5 heteroatoms. The number of benzene rings is 1. The van der Waals surface area contributed by atoms with Crippen molar-refractivity contribution in [2.75, 3.05) is 4.90 Å². The Hall–Kier alpha value is -1.52. The zero-order chi connectivity index (χ0) is 15.7. The fourth-order valence-electron chi connectivity index (χ4n) is 2.77. The molecule has 114 valence electrons. The third-order valence-electron chi connectivity index (χ3n) is 3.81. The standard InChI is InChI=1S/C17H17ClN2OS/c1-11-10-13-6-3-4-8-15(13)20(11)17(21)12(2)22-16-14(18)7-5-9-19-16/h3-9,11-12H,10H2,1-2H3. The predicted octanol–water partition coefficient (Wildman–Crippen LogP) is 4.19. The quantitative estimate of drug-likeness (QED) is 0.790. The van der Waals surface area contributed by atoms with Crippen LogP contribution in [-0.2, 0) is 11.2 Å². The number of carbonyl (C=O) groups excluding carboxylic acids is 1. The van der Waals surface area contributed by atoms with E-state index in [-0.39, 0.29) is 17.2 Å². The molecular weight excluding hydrogens is 316 g/mol. The lowest BCUT2D eigenvalue weighted by molar-refractivity contribution is -0.118. The van der Waals surface area contributed by atoms with Gasteiger partial charge in [0.15, 0.2) is 0 Å². The number of nitrogens with zero attached hydrogens (tertiary/aromatic N) is 2. The Bertz CT molecular complexity index is 707. The van der Waals surface area contributed by atoms with Crippen molar-refractivity contribution in [2.45, 2.75) is 36.6 Å². The smallest absolute Gasteiger partial charge is 0.240 e. The molecule has 0 aliphatic carbocycles. The number of hydrogen-bond donors (Lipinski definition) is 0. The molecule has 2 heterocycles. The molecule has 1 amide bonds. The number of anilines is 1. The van der Waals surface area contributed by atoms with Gasteiger partial charge >= 0.3 is 0 Å². The van der Waals surface area contributed by atoms with E-state index < -0.39 is 0 Å². The molecule has 1 aromatic heterocycles. The summed E-state index contributed by atoms with van der Waals surface area (Å²) < 4.78 is 0. The van der Waals surface area contributed by atoms with Crippen LogP contribution in [0.3, 0.4) is 0 Å². The maximum Gasteiger partial charge on any atom is 0.240 e. The molecule has 2 unspecified atom stereocenters. The first-order valence-electron chi connectivity index (χ1n) is 7.26. The average molecular weight is 333 g/mol. The maximum absolute atomic E-state index is 12.9. The Kier molecular flexibility index (Phi) is 4.41. The Balaban J connectivity index is 1.81. The topological polar surface area (TPSA) is 33.2 Å². The minimum atomic E-state index is -0.235. The van der Waals surface area contributed by atoms with Gasteiger partial charge < -0.3 is 4.90 Å². The molecule has 3 nitrogen and oxygen atoms in total. The molecule has 0 bridgehead atoms. The normalized spacial score (nSPS) is 18.1. The van der Waals surface area contributed by atoms with Gasteiger partial charge in [0, 0.05) is 17.9 Å². The fraction of sp³-hybridized carbons (Fsp3) is 0.294. The lowest BCUT2D eigenvalue weighted by Gasteiger charge is -2.25. The molecule has 1 aliphatic rings. The minimum absolute atomic E-state index is 0.101. The van der Waals surface area contributed by atoms with Crippen LogP contribution in [0.5, 0.6) is 0 Å². The van der Waals surface area contributed by atoms with Gasteiger partial charge in [0.1, 0.15) is 5.03 Å². The summed E-state index contributed by atoms with van der Waals surface area (Å²) in [5.41, 5.74) is 2.26. The highest BCUT2D eigenvalue weighted by Crippen LogP contribution is 2.35. The molecule has 0 saturated heterocycles. The molecule has 22 heavy (non-hydrogen) atoms. The minimum Gasteiger partial charge on any atom is -0.308 e. The van der Waals surface area contributed by atoms with Crippen molar-refractivity contribution in [3.8, 4) is 0 Å². The molecule has 3 rings (SSSR count). The largest absolute Gasteiger partial charge is 0.308 e. The number of aromatic nitrogens is 1. The van der Waals surface area contributed by atoms with Gasteiger partial charge in [-0.3, -0.25) is 4.79 Å². The molecule has 2 aromatic rings. The summed E-state index contributed by atoms with van der Waals surface area (Å²) in [6.07, 6.45) is 2.60. The third kappa shape index (κ3) is 2.85. The van der Waals surface area contributed by atoms with Gasteiger partial charge in [-0.05, 0) is 44.0 Å². The number of fused-ring (bicyclic) bond motifs is 1. The van der Waals surface area contributed by atoms with Crippen LogP contribution in [0.2, 0.25) is 5.02 Å². The van der Waals surface area contributed by atoms with Crippen molar-refractivity contribution in [3.05, 3.63) is 53.2 Å². The van der Waals surface area contributed by atoms with E-state index in [0.29, 0.717) is 10.0 Å². The number of hydrogen-bond acceptors (Lipinski definition) is 3. The van der Waals surface area contributed by atoms with E-state index in [1.54, 1.807) is 18.3 Å². The average Bonchev–Trinajstić information content (AvgIpc) is 2.84. The van der Waals surface area contributed by atoms with Crippen molar-refractivity contribution in [3.63, 3.8) is 0 Å². The number of thioether (sulfide) groups is 1. The van der Waals surface area contributed by atoms with Crippen LogP contribution in [0.1, 0.15) is 19.4 Å². The van der Waals surface area contributed by atoms with Crippen LogP contribution >= 0.6 is 23.4 Å². The van der Waals surface area contributed by atoms with E-state index in [2.05, 4.69) is 18.0 Å². The van der Waals surface area contributed by atoms with Crippen LogP contribution in [0.4, 0.5) is 5.69 Å². The van der Waals surface area contributed by atoms with Crippen molar-refractivity contribution in [1.82, 2.24) is 4.98 Å². The van der Waals surface area contributed by atoms with Crippen LogP contribution in [0.25, 0.3) is 0 Å². The zero-order valence-electron chi connectivity index (χ0n) is 12.5. The summed E-state index contributed by atoms with van der Waals surface area (Å²) in [5.74, 6) is 0.101. The maximum atomic E-state index is 12.9. The van der Waals surface area contributed by atoms with Crippen molar-refractivity contribution in [2.24, 2.45) is 0 Å². The molecular formula is C17H17ClN2OS. The van der Waals surface area contributed by atoms with E-state index in [4.69, 9.17) is 11.6 Å². The SMILES string of the molecule is CC(Sc1ncccc1Cl)C(=O)N1c2ccccc2CC1C. The van der Waals surface area contributed by atoms with E-state index in [0.717, 1.165) is 12.1 Å². The molecule has 0 N–H and O–H groups in total. The van der Waals surface area contributed by atoms with Crippen LogP contribution in [0, 0.1) is 0 Å². The van der Waals surface area contributed by atoms with Crippen LogP contribution < -0.4 is 4.90 Å².